The third kappa shape index (κ3) is 8.51. The second kappa shape index (κ2) is 14.4. The predicted molar refractivity (Wildman–Crippen MR) is 158 cm³/mol. The highest BCUT2D eigenvalue weighted by Gasteiger charge is 2.39. The summed E-state index contributed by atoms with van der Waals surface area (Å²) in [5.74, 6) is -0.566. The van der Waals surface area contributed by atoms with E-state index in [4.69, 9.17) is 30.1 Å². The SMILES string of the molecule is C[C@H](NP(=O)(OC[C@H]1O[C@@H](n2cc(/C=C/Br)c(=O)[nH]c2=O)CC1O)Oc1ccc(Cl)cc1)C(=O)OCc1ccccc1. The first-order valence-corrected chi connectivity index (χ1v) is 15.5. The van der Waals surface area contributed by atoms with Crippen LogP contribution in [0.4, 0.5) is 0 Å². The number of benzene rings is 2. The molecule has 3 aromatic rings. The quantitative estimate of drug-likeness (QED) is 0.187. The number of aliphatic hydroxyl groups excluding tert-OH is 1. The minimum atomic E-state index is -4.28. The summed E-state index contributed by atoms with van der Waals surface area (Å²) in [4.78, 5) is 40.8. The van der Waals surface area contributed by atoms with Gasteiger partial charge in [0.05, 0.1) is 18.3 Å². The molecule has 5 atom stereocenters. The summed E-state index contributed by atoms with van der Waals surface area (Å²) in [6.07, 6.45) is -0.372. The Morgan fingerprint density at radius 3 is 2.67 bits per heavy atom. The van der Waals surface area contributed by atoms with Crippen LogP contribution < -0.4 is 20.9 Å². The van der Waals surface area contributed by atoms with Crippen molar-refractivity contribution in [3.63, 3.8) is 0 Å². The van der Waals surface area contributed by atoms with Gasteiger partial charge >= 0.3 is 19.4 Å². The average Bonchev–Trinajstić information content (AvgIpc) is 3.34. The molecular weight excluding hydrogens is 657 g/mol. The average molecular weight is 685 g/mol. The number of aliphatic hydroxyl groups is 1. The lowest BCUT2D eigenvalue weighted by Crippen LogP contribution is -2.36. The summed E-state index contributed by atoms with van der Waals surface area (Å²) < 4.78 is 37.4. The minimum Gasteiger partial charge on any atom is -0.460 e. The summed E-state index contributed by atoms with van der Waals surface area (Å²) >= 11 is 9.03. The van der Waals surface area contributed by atoms with E-state index < -0.39 is 56.0 Å². The molecule has 2 heterocycles. The molecule has 0 spiro atoms. The highest BCUT2D eigenvalue weighted by Crippen LogP contribution is 2.46. The van der Waals surface area contributed by atoms with E-state index in [9.17, 15) is 24.1 Å². The van der Waals surface area contributed by atoms with Crippen molar-refractivity contribution in [2.24, 2.45) is 0 Å². The van der Waals surface area contributed by atoms with E-state index in [0.717, 1.165) is 10.1 Å². The Hall–Kier alpha value is -3.03. The maximum absolute atomic E-state index is 13.8. The van der Waals surface area contributed by atoms with E-state index in [1.54, 1.807) is 12.1 Å². The van der Waals surface area contributed by atoms with Crippen molar-refractivity contribution in [2.75, 3.05) is 6.61 Å². The molecular formula is C27H28BrClN3O9P. The standard InChI is InChI=1S/C27H28BrClN3O9P/c1-17(26(35)38-15-18-5-3-2-4-6-18)31-42(37,41-21-9-7-20(29)8-10-21)39-16-23-22(33)13-24(40-23)32-14-19(11-12-28)25(34)30-27(32)36/h2-12,14,17,22-24,33H,13,15-16H2,1H3,(H,31,37)(H,30,34,36)/b12-11+/t17-,22?,23+,24+,42?/m0/s1. The van der Waals surface area contributed by atoms with Crippen molar-refractivity contribution < 1.29 is 33.0 Å². The van der Waals surface area contributed by atoms with Crippen molar-refractivity contribution in [2.45, 2.75) is 44.4 Å². The van der Waals surface area contributed by atoms with Gasteiger partial charge in [-0.2, -0.15) is 5.09 Å². The number of esters is 1. The Morgan fingerprint density at radius 2 is 1.98 bits per heavy atom. The summed E-state index contributed by atoms with van der Waals surface area (Å²) in [5.41, 5.74) is -0.365. The molecule has 0 aliphatic carbocycles. The van der Waals surface area contributed by atoms with E-state index in [0.29, 0.717) is 5.02 Å². The fourth-order valence-corrected chi connectivity index (χ4v) is 5.89. The number of aromatic nitrogens is 2. The molecule has 0 amide bonds. The predicted octanol–water partition coefficient (Wildman–Crippen LogP) is 4.13. The van der Waals surface area contributed by atoms with Crippen LogP contribution in [0.2, 0.25) is 5.02 Å². The number of carbonyl (C=O) groups excluding carboxylic acids is 1. The minimum absolute atomic E-state index is 0.00958. The fourth-order valence-electron chi connectivity index (χ4n) is 3.98. The smallest absolute Gasteiger partial charge is 0.459 e. The van der Waals surface area contributed by atoms with E-state index in [1.165, 1.54) is 48.4 Å². The van der Waals surface area contributed by atoms with Crippen LogP contribution in [-0.4, -0.2) is 45.5 Å². The van der Waals surface area contributed by atoms with E-state index >= 15 is 0 Å². The number of halogens is 2. The van der Waals surface area contributed by atoms with Gasteiger partial charge < -0.3 is 19.1 Å². The van der Waals surface area contributed by atoms with Crippen LogP contribution in [0.25, 0.3) is 6.08 Å². The molecule has 1 aliphatic rings. The van der Waals surface area contributed by atoms with E-state index in [-0.39, 0.29) is 24.3 Å². The maximum atomic E-state index is 13.8. The van der Waals surface area contributed by atoms with Gasteiger partial charge in [0, 0.05) is 17.6 Å². The van der Waals surface area contributed by atoms with E-state index in [1.807, 2.05) is 18.2 Å². The van der Waals surface area contributed by atoms with Crippen molar-refractivity contribution in [1.29, 1.82) is 0 Å². The van der Waals surface area contributed by atoms with Crippen molar-refractivity contribution in [3.8, 4) is 5.75 Å². The third-order valence-corrected chi connectivity index (χ3v) is 8.29. The van der Waals surface area contributed by atoms with Crippen LogP contribution >= 0.6 is 35.3 Å². The molecule has 3 N–H and O–H groups in total. The molecule has 0 bridgehead atoms. The van der Waals surface area contributed by atoms with Crippen LogP contribution in [0, 0.1) is 0 Å². The molecule has 12 nitrogen and oxygen atoms in total. The molecule has 0 radical (unpaired) electrons. The zero-order chi connectivity index (χ0) is 30.3. The van der Waals surface area contributed by atoms with Gasteiger partial charge in [0.1, 0.15) is 30.7 Å². The second-order valence-electron chi connectivity index (χ2n) is 9.26. The lowest BCUT2D eigenvalue weighted by atomic mass is 10.2. The van der Waals surface area contributed by atoms with E-state index in [2.05, 4.69) is 26.0 Å². The Kier molecular flexibility index (Phi) is 11.0. The number of carbonyl (C=O) groups is 1. The largest absolute Gasteiger partial charge is 0.460 e. The molecule has 1 fully saturated rings. The van der Waals surface area contributed by atoms with Gasteiger partial charge in [-0.25, -0.2) is 9.36 Å². The van der Waals surface area contributed by atoms with Gasteiger partial charge in [-0.05, 0) is 47.8 Å². The zero-order valence-corrected chi connectivity index (χ0v) is 25.5. The number of ether oxygens (including phenoxy) is 2. The first-order chi connectivity index (χ1) is 20.1. The van der Waals surface area contributed by atoms with Crippen molar-refractivity contribution in [3.05, 3.63) is 103 Å². The number of nitrogens with zero attached hydrogens (tertiary/aromatic N) is 1. The van der Waals surface area contributed by atoms with Gasteiger partial charge in [0.25, 0.3) is 5.56 Å². The summed E-state index contributed by atoms with van der Waals surface area (Å²) in [6.45, 7) is 1.01. The fraction of sp³-hybridized carbons (Fsp3) is 0.296. The zero-order valence-electron chi connectivity index (χ0n) is 22.2. The number of rotatable bonds is 12. The number of nitrogens with one attached hydrogen (secondary N) is 2. The Labute approximate surface area is 253 Å². The maximum Gasteiger partial charge on any atom is 0.459 e. The molecule has 0 saturated carbocycles. The number of hydrogen-bond donors (Lipinski definition) is 3. The first-order valence-electron chi connectivity index (χ1n) is 12.7. The normalized spacial score (nSPS) is 20.7. The van der Waals surface area contributed by atoms with Gasteiger partial charge in [-0.3, -0.25) is 23.7 Å². The molecule has 15 heteroatoms. The molecule has 224 valence electrons. The topological polar surface area (TPSA) is 158 Å². The Balaban J connectivity index is 1.46. The molecule has 4 rings (SSSR count). The molecule has 2 aromatic carbocycles. The number of hydrogen-bond acceptors (Lipinski definition) is 9. The highest BCUT2D eigenvalue weighted by molar-refractivity contribution is 9.11. The van der Waals surface area contributed by atoms with Gasteiger partial charge in [0.15, 0.2) is 0 Å². The lowest BCUT2D eigenvalue weighted by molar-refractivity contribution is -0.146. The number of H-pyrrole nitrogens is 1. The monoisotopic (exact) mass is 683 g/mol. The third-order valence-electron chi connectivity index (χ3n) is 6.13. The van der Waals surface area contributed by atoms with Crippen LogP contribution in [0.15, 0.2) is 75.4 Å². The van der Waals surface area contributed by atoms with Crippen molar-refractivity contribution >= 4 is 47.3 Å². The van der Waals surface area contributed by atoms with Gasteiger partial charge in [-0.1, -0.05) is 57.9 Å². The van der Waals surface area contributed by atoms with Crippen LogP contribution in [0.1, 0.15) is 30.7 Å². The van der Waals surface area contributed by atoms with Gasteiger partial charge in [-0.15, -0.1) is 0 Å². The van der Waals surface area contributed by atoms with Crippen LogP contribution in [-0.2, 0) is 30.0 Å². The first kappa shape index (κ1) is 31.9. The molecule has 1 saturated heterocycles. The highest BCUT2D eigenvalue weighted by atomic mass is 79.9. The van der Waals surface area contributed by atoms with Gasteiger partial charge in [0.2, 0.25) is 0 Å². The molecule has 42 heavy (non-hydrogen) atoms. The van der Waals surface area contributed by atoms with Crippen LogP contribution in [0.3, 0.4) is 0 Å². The molecule has 1 aromatic heterocycles. The van der Waals surface area contributed by atoms with Crippen molar-refractivity contribution in [1.82, 2.24) is 14.6 Å². The second-order valence-corrected chi connectivity index (χ2v) is 11.9. The molecule has 2 unspecified atom stereocenters. The van der Waals surface area contributed by atoms with Crippen LogP contribution in [0.5, 0.6) is 5.75 Å². The summed E-state index contributed by atoms with van der Waals surface area (Å²) in [5, 5.41) is 13.6. The lowest BCUT2D eigenvalue weighted by Gasteiger charge is -2.24. The summed E-state index contributed by atoms with van der Waals surface area (Å²) in [6, 6.07) is 13.9. The summed E-state index contributed by atoms with van der Waals surface area (Å²) in [7, 11) is -4.28. The number of aromatic amines is 1. The Morgan fingerprint density at radius 1 is 1.26 bits per heavy atom. The Bertz CT molecular complexity index is 1570. The molecule has 1 aliphatic heterocycles.